The van der Waals surface area contributed by atoms with Crippen molar-refractivity contribution in [3.63, 3.8) is 0 Å². The average molecular weight is 279 g/mol. The second-order valence-corrected chi connectivity index (χ2v) is 4.22. The molecule has 0 radical (unpaired) electrons. The third-order valence-electron chi connectivity index (χ3n) is 1.79. The number of nitrogens with zero attached hydrogens (tertiary/aromatic N) is 1. The Morgan fingerprint density at radius 2 is 2.06 bits per heavy atom. The van der Waals surface area contributed by atoms with Gasteiger partial charge in [0.1, 0.15) is 11.4 Å². The Hall–Kier alpha value is -1.57. The molecule has 0 aliphatic carbocycles. The predicted molar refractivity (Wildman–Crippen MR) is 57.2 cm³/mol. The summed E-state index contributed by atoms with van der Waals surface area (Å²) in [5.41, 5.74) is -0.932. The van der Waals surface area contributed by atoms with Crippen molar-refractivity contribution in [3.8, 4) is 0 Å². The van der Waals surface area contributed by atoms with Crippen LogP contribution in [0.1, 0.15) is 12.0 Å². The SMILES string of the molecule is O=C(O)CC(=O)CSc1ncccc1C(F)(F)F. The zero-order valence-corrected chi connectivity index (χ0v) is 9.72. The largest absolute Gasteiger partial charge is 0.481 e. The Labute approximate surface area is 104 Å². The molecule has 0 spiro atoms. The first kappa shape index (κ1) is 14.5. The minimum atomic E-state index is -4.55. The highest BCUT2D eigenvalue weighted by Crippen LogP contribution is 2.35. The molecule has 1 aromatic rings. The lowest BCUT2D eigenvalue weighted by atomic mass is 10.3. The molecule has 1 heterocycles. The molecule has 0 aliphatic rings. The van der Waals surface area contributed by atoms with E-state index in [0.29, 0.717) is 11.8 Å². The van der Waals surface area contributed by atoms with Crippen molar-refractivity contribution in [2.24, 2.45) is 0 Å². The van der Waals surface area contributed by atoms with Gasteiger partial charge in [0.15, 0.2) is 5.78 Å². The number of pyridine rings is 1. The minimum Gasteiger partial charge on any atom is -0.481 e. The molecule has 1 rings (SSSR count). The van der Waals surface area contributed by atoms with Crippen LogP contribution in [-0.2, 0) is 15.8 Å². The second kappa shape index (κ2) is 5.85. The van der Waals surface area contributed by atoms with Gasteiger partial charge in [0, 0.05) is 6.20 Å². The first-order chi connectivity index (χ1) is 8.30. The van der Waals surface area contributed by atoms with E-state index in [0.717, 1.165) is 12.1 Å². The van der Waals surface area contributed by atoms with Gasteiger partial charge in [-0.2, -0.15) is 13.2 Å². The number of carbonyl (C=O) groups is 2. The lowest BCUT2D eigenvalue weighted by Gasteiger charge is -2.10. The van der Waals surface area contributed by atoms with Crippen LogP contribution in [0.25, 0.3) is 0 Å². The number of hydrogen-bond acceptors (Lipinski definition) is 4. The Bertz CT molecular complexity index is 462. The number of aromatic nitrogens is 1. The number of Topliss-reactive ketones (excluding diaryl/α,β-unsaturated/α-hetero) is 1. The summed E-state index contributed by atoms with van der Waals surface area (Å²) in [4.78, 5) is 24.8. The van der Waals surface area contributed by atoms with Crippen LogP contribution in [0.4, 0.5) is 13.2 Å². The van der Waals surface area contributed by atoms with Gasteiger partial charge in [-0.1, -0.05) is 11.8 Å². The van der Waals surface area contributed by atoms with E-state index in [1.165, 1.54) is 6.20 Å². The molecule has 0 saturated carbocycles. The maximum atomic E-state index is 12.6. The van der Waals surface area contributed by atoms with Crippen LogP contribution in [-0.4, -0.2) is 27.6 Å². The van der Waals surface area contributed by atoms with Gasteiger partial charge in [-0.3, -0.25) is 9.59 Å². The summed E-state index contributed by atoms with van der Waals surface area (Å²) >= 11 is 0.580. The molecule has 0 saturated heterocycles. The molecule has 18 heavy (non-hydrogen) atoms. The normalized spacial score (nSPS) is 11.3. The molecule has 0 amide bonds. The van der Waals surface area contributed by atoms with Gasteiger partial charge in [0.2, 0.25) is 0 Å². The smallest absolute Gasteiger partial charge is 0.419 e. The second-order valence-electron chi connectivity index (χ2n) is 3.25. The Morgan fingerprint density at radius 1 is 1.39 bits per heavy atom. The van der Waals surface area contributed by atoms with Crippen LogP contribution in [0.5, 0.6) is 0 Å². The van der Waals surface area contributed by atoms with Gasteiger partial charge in [-0.25, -0.2) is 4.98 Å². The summed E-state index contributed by atoms with van der Waals surface area (Å²) in [6, 6.07) is 2.00. The van der Waals surface area contributed by atoms with Crippen LogP contribution < -0.4 is 0 Å². The minimum absolute atomic E-state index is 0.330. The van der Waals surface area contributed by atoms with Crippen LogP contribution in [0, 0.1) is 0 Å². The molecule has 0 aromatic carbocycles. The maximum absolute atomic E-state index is 12.6. The fraction of sp³-hybridized carbons (Fsp3) is 0.300. The molecule has 0 fully saturated rings. The predicted octanol–water partition coefficient (Wildman–Crippen LogP) is 2.24. The highest BCUT2D eigenvalue weighted by atomic mass is 32.2. The van der Waals surface area contributed by atoms with E-state index in [9.17, 15) is 22.8 Å². The topological polar surface area (TPSA) is 67.3 Å². The standard InChI is InChI=1S/C10H8F3NO3S/c11-10(12,13)7-2-1-3-14-9(7)18-5-6(15)4-8(16)17/h1-3H,4-5H2,(H,16,17). The summed E-state index contributed by atoms with van der Waals surface area (Å²) in [6.07, 6.45) is -4.08. The van der Waals surface area contributed by atoms with Gasteiger partial charge in [-0.05, 0) is 12.1 Å². The van der Waals surface area contributed by atoms with Gasteiger partial charge >= 0.3 is 12.1 Å². The third kappa shape index (κ3) is 4.36. The number of halogens is 3. The van der Waals surface area contributed by atoms with E-state index in [-0.39, 0.29) is 10.8 Å². The number of rotatable bonds is 5. The van der Waals surface area contributed by atoms with Crippen molar-refractivity contribution in [2.75, 3.05) is 5.75 Å². The molecule has 0 atom stereocenters. The van der Waals surface area contributed by atoms with Crippen molar-refractivity contribution in [2.45, 2.75) is 17.6 Å². The monoisotopic (exact) mass is 279 g/mol. The van der Waals surface area contributed by atoms with Crippen molar-refractivity contribution in [1.82, 2.24) is 4.98 Å². The van der Waals surface area contributed by atoms with E-state index < -0.39 is 29.9 Å². The molecule has 1 aromatic heterocycles. The van der Waals surface area contributed by atoms with Crippen molar-refractivity contribution < 1.29 is 27.9 Å². The summed E-state index contributed by atoms with van der Waals surface area (Å²) in [5.74, 6) is -2.32. The number of ketones is 1. The maximum Gasteiger partial charge on any atom is 0.419 e. The van der Waals surface area contributed by atoms with Crippen LogP contribution in [0.3, 0.4) is 0 Å². The quantitative estimate of drug-likeness (QED) is 0.661. The summed E-state index contributed by atoms with van der Waals surface area (Å²) in [5, 5.41) is 8.01. The molecule has 98 valence electrons. The molecular weight excluding hydrogens is 271 g/mol. The number of aliphatic carboxylic acids is 1. The van der Waals surface area contributed by atoms with Crippen molar-refractivity contribution in [1.29, 1.82) is 0 Å². The lowest BCUT2D eigenvalue weighted by Crippen LogP contribution is -2.11. The fourth-order valence-corrected chi connectivity index (χ4v) is 1.96. The lowest BCUT2D eigenvalue weighted by molar-refractivity contribution is -0.141. The third-order valence-corrected chi connectivity index (χ3v) is 2.86. The van der Waals surface area contributed by atoms with Crippen molar-refractivity contribution in [3.05, 3.63) is 23.9 Å². The van der Waals surface area contributed by atoms with Gasteiger partial charge < -0.3 is 5.11 Å². The zero-order chi connectivity index (χ0) is 13.8. The molecule has 8 heteroatoms. The number of carboxylic acid groups (broad SMARTS) is 1. The first-order valence-corrected chi connectivity index (χ1v) is 5.68. The fourth-order valence-electron chi connectivity index (χ4n) is 1.09. The number of carbonyl (C=O) groups excluding carboxylic acids is 1. The number of alkyl halides is 3. The highest BCUT2D eigenvalue weighted by Gasteiger charge is 2.34. The van der Waals surface area contributed by atoms with E-state index in [1.54, 1.807) is 0 Å². The Kier molecular flexibility index (Phi) is 4.71. The first-order valence-electron chi connectivity index (χ1n) is 4.69. The molecule has 1 N–H and O–H groups in total. The Balaban J connectivity index is 2.74. The summed E-state index contributed by atoms with van der Waals surface area (Å²) in [7, 11) is 0. The molecule has 0 unspecified atom stereocenters. The van der Waals surface area contributed by atoms with Crippen LogP contribution in [0.15, 0.2) is 23.4 Å². The molecular formula is C10H8F3NO3S. The van der Waals surface area contributed by atoms with E-state index in [4.69, 9.17) is 5.11 Å². The Morgan fingerprint density at radius 3 is 2.61 bits per heavy atom. The zero-order valence-electron chi connectivity index (χ0n) is 8.90. The molecule has 0 bridgehead atoms. The van der Waals surface area contributed by atoms with Crippen LogP contribution >= 0.6 is 11.8 Å². The summed E-state index contributed by atoms with van der Waals surface area (Å²) < 4.78 is 37.7. The van der Waals surface area contributed by atoms with Gasteiger partial charge in [0.05, 0.1) is 11.3 Å². The number of thioether (sulfide) groups is 1. The van der Waals surface area contributed by atoms with E-state index >= 15 is 0 Å². The molecule has 0 aliphatic heterocycles. The van der Waals surface area contributed by atoms with Gasteiger partial charge in [0.25, 0.3) is 0 Å². The van der Waals surface area contributed by atoms with Gasteiger partial charge in [-0.15, -0.1) is 0 Å². The highest BCUT2D eigenvalue weighted by molar-refractivity contribution is 8.00. The van der Waals surface area contributed by atoms with E-state index in [2.05, 4.69) is 4.98 Å². The molecule has 4 nitrogen and oxygen atoms in total. The number of carboxylic acids is 1. The van der Waals surface area contributed by atoms with Crippen LogP contribution in [0.2, 0.25) is 0 Å². The number of hydrogen-bond donors (Lipinski definition) is 1. The van der Waals surface area contributed by atoms with Crippen molar-refractivity contribution >= 4 is 23.5 Å². The summed E-state index contributed by atoms with van der Waals surface area (Å²) in [6.45, 7) is 0. The van der Waals surface area contributed by atoms with E-state index in [1.807, 2.05) is 0 Å². The average Bonchev–Trinajstić information content (AvgIpc) is 2.24.